The average molecular weight is 333 g/mol. The number of hydrogen-bond donors (Lipinski definition) is 3. The second-order valence-electron chi connectivity index (χ2n) is 6.04. The summed E-state index contributed by atoms with van der Waals surface area (Å²) in [6.07, 6.45) is -1.18. The monoisotopic (exact) mass is 333 g/mol. The van der Waals surface area contributed by atoms with E-state index < -0.39 is 36.2 Å². The third-order valence-corrected chi connectivity index (χ3v) is 3.85. The summed E-state index contributed by atoms with van der Waals surface area (Å²) in [5, 5.41) is 29.7. The van der Waals surface area contributed by atoms with Crippen molar-refractivity contribution >= 4 is 11.8 Å². The molecule has 1 aromatic rings. The van der Waals surface area contributed by atoms with Crippen molar-refractivity contribution < 1.29 is 24.5 Å². The number of benzene rings is 1. The number of carbonyl (C=O) groups is 2. The summed E-state index contributed by atoms with van der Waals surface area (Å²) in [5.74, 6) is -0.926. The Hall–Kier alpha value is -2.63. The molecule has 0 aliphatic carbocycles. The smallest absolute Gasteiger partial charge is 0.264 e. The SMILES string of the molecule is CC(=O)N(NC(=O)CO)[C@@H]1c2cc(C#N)ccc2OC(C)(C)[C@H]1O. The molecule has 0 bridgehead atoms. The summed E-state index contributed by atoms with van der Waals surface area (Å²) in [4.78, 5) is 23.6. The zero-order chi connectivity index (χ0) is 18.1. The highest BCUT2D eigenvalue weighted by molar-refractivity contribution is 5.82. The lowest BCUT2D eigenvalue weighted by atomic mass is 9.85. The number of ether oxygens (including phenoxy) is 1. The molecular formula is C16H19N3O5. The van der Waals surface area contributed by atoms with Gasteiger partial charge < -0.3 is 14.9 Å². The summed E-state index contributed by atoms with van der Waals surface area (Å²) < 4.78 is 5.76. The molecule has 3 N–H and O–H groups in total. The van der Waals surface area contributed by atoms with E-state index in [-0.39, 0.29) is 0 Å². The van der Waals surface area contributed by atoms with Crippen molar-refractivity contribution in [2.45, 2.75) is 38.5 Å². The number of aliphatic hydroxyl groups is 2. The normalized spacial score (nSPS) is 21.0. The molecule has 0 fully saturated rings. The molecule has 128 valence electrons. The Bertz CT molecular complexity index is 710. The Morgan fingerprint density at radius 2 is 2.12 bits per heavy atom. The summed E-state index contributed by atoms with van der Waals surface area (Å²) >= 11 is 0. The maximum Gasteiger partial charge on any atom is 0.264 e. The molecule has 1 aliphatic rings. The molecular weight excluding hydrogens is 314 g/mol. The number of aliphatic hydroxyl groups excluding tert-OH is 2. The topological polar surface area (TPSA) is 123 Å². The van der Waals surface area contributed by atoms with Crippen LogP contribution in [0.2, 0.25) is 0 Å². The first-order chi connectivity index (χ1) is 11.2. The van der Waals surface area contributed by atoms with Crippen LogP contribution in [0.4, 0.5) is 0 Å². The molecule has 0 unspecified atom stereocenters. The number of nitrogens with one attached hydrogen (secondary N) is 1. The highest BCUT2D eigenvalue weighted by Crippen LogP contribution is 2.42. The van der Waals surface area contributed by atoms with Gasteiger partial charge in [0.15, 0.2) is 0 Å². The van der Waals surface area contributed by atoms with Gasteiger partial charge in [0.1, 0.15) is 30.1 Å². The summed E-state index contributed by atoms with van der Waals surface area (Å²) in [6, 6.07) is 5.66. The first kappa shape index (κ1) is 17.7. The molecule has 1 aromatic carbocycles. The molecule has 2 rings (SSSR count). The zero-order valence-electron chi connectivity index (χ0n) is 13.6. The first-order valence-electron chi connectivity index (χ1n) is 7.32. The minimum absolute atomic E-state index is 0.325. The van der Waals surface area contributed by atoms with Gasteiger partial charge in [-0.15, -0.1) is 0 Å². The van der Waals surface area contributed by atoms with Gasteiger partial charge in [0.05, 0.1) is 11.6 Å². The van der Waals surface area contributed by atoms with Crippen LogP contribution >= 0.6 is 0 Å². The standard InChI is InChI=1S/C16H19N3O5/c1-9(21)19(18-13(22)8-20)14-11-6-10(7-17)4-5-12(11)24-16(2,3)15(14)23/h4-6,14-15,20,23H,8H2,1-3H3,(H,18,22)/t14-,15+/m1/s1. The lowest BCUT2D eigenvalue weighted by Crippen LogP contribution is -2.58. The van der Waals surface area contributed by atoms with E-state index in [1.54, 1.807) is 26.0 Å². The predicted octanol–water partition coefficient (Wildman–Crippen LogP) is 0.00328. The Kier molecular flexibility index (Phi) is 4.78. The second kappa shape index (κ2) is 6.47. The van der Waals surface area contributed by atoms with E-state index in [2.05, 4.69) is 5.43 Å². The van der Waals surface area contributed by atoms with Crippen molar-refractivity contribution in [3.05, 3.63) is 29.3 Å². The average Bonchev–Trinajstić information content (AvgIpc) is 2.53. The zero-order valence-corrected chi connectivity index (χ0v) is 13.6. The molecule has 0 radical (unpaired) electrons. The molecule has 0 saturated carbocycles. The van der Waals surface area contributed by atoms with Crippen LogP contribution in [0.25, 0.3) is 0 Å². The van der Waals surface area contributed by atoms with Gasteiger partial charge in [-0.1, -0.05) is 0 Å². The molecule has 0 spiro atoms. The highest BCUT2D eigenvalue weighted by Gasteiger charge is 2.47. The fourth-order valence-corrected chi connectivity index (χ4v) is 2.63. The minimum Gasteiger partial charge on any atom is -0.485 e. The van der Waals surface area contributed by atoms with Gasteiger partial charge in [-0.05, 0) is 32.0 Å². The van der Waals surface area contributed by atoms with Gasteiger partial charge in [0.2, 0.25) is 5.91 Å². The number of hydrazine groups is 1. The number of rotatable bonds is 2. The van der Waals surface area contributed by atoms with Crippen molar-refractivity contribution in [1.29, 1.82) is 5.26 Å². The van der Waals surface area contributed by atoms with E-state index >= 15 is 0 Å². The van der Waals surface area contributed by atoms with E-state index in [4.69, 9.17) is 15.1 Å². The van der Waals surface area contributed by atoms with Crippen LogP contribution in [0.15, 0.2) is 18.2 Å². The van der Waals surface area contributed by atoms with Gasteiger partial charge in [-0.3, -0.25) is 15.0 Å². The van der Waals surface area contributed by atoms with Crippen LogP contribution in [0, 0.1) is 11.3 Å². The molecule has 0 aromatic heterocycles. The summed E-state index contributed by atoms with van der Waals surface area (Å²) in [6.45, 7) is 3.72. The highest BCUT2D eigenvalue weighted by atomic mass is 16.5. The molecule has 8 heteroatoms. The fraction of sp³-hybridized carbons (Fsp3) is 0.438. The van der Waals surface area contributed by atoms with Gasteiger partial charge >= 0.3 is 0 Å². The van der Waals surface area contributed by atoms with Crippen molar-refractivity contribution in [3.8, 4) is 11.8 Å². The molecule has 1 heterocycles. The third-order valence-electron chi connectivity index (χ3n) is 3.85. The number of hydrogen-bond acceptors (Lipinski definition) is 6. The maximum atomic E-state index is 12.0. The summed E-state index contributed by atoms with van der Waals surface area (Å²) in [5.41, 5.74) is 1.96. The van der Waals surface area contributed by atoms with Gasteiger partial charge in [-0.2, -0.15) is 5.26 Å². The number of fused-ring (bicyclic) bond motifs is 1. The molecule has 2 amide bonds. The molecule has 0 saturated heterocycles. The van der Waals surface area contributed by atoms with Crippen molar-refractivity contribution in [1.82, 2.24) is 10.4 Å². The second-order valence-corrected chi connectivity index (χ2v) is 6.04. The Morgan fingerprint density at radius 1 is 1.46 bits per heavy atom. The Morgan fingerprint density at radius 3 is 2.67 bits per heavy atom. The Balaban J connectivity index is 2.58. The predicted molar refractivity (Wildman–Crippen MR) is 82.4 cm³/mol. The molecule has 24 heavy (non-hydrogen) atoms. The Labute approximate surface area is 139 Å². The van der Waals surface area contributed by atoms with E-state index in [9.17, 15) is 14.7 Å². The lowest BCUT2D eigenvalue weighted by Gasteiger charge is -2.45. The van der Waals surface area contributed by atoms with Crippen molar-refractivity contribution in [2.75, 3.05) is 6.61 Å². The van der Waals surface area contributed by atoms with Crippen LogP contribution in [0.1, 0.15) is 37.9 Å². The molecule has 8 nitrogen and oxygen atoms in total. The van der Waals surface area contributed by atoms with Crippen LogP contribution in [0.3, 0.4) is 0 Å². The van der Waals surface area contributed by atoms with E-state index in [1.807, 2.05) is 6.07 Å². The van der Waals surface area contributed by atoms with Crippen LogP contribution in [0.5, 0.6) is 5.75 Å². The number of amides is 2. The molecule has 2 atom stereocenters. The van der Waals surface area contributed by atoms with E-state index in [0.29, 0.717) is 16.9 Å². The van der Waals surface area contributed by atoms with Gasteiger partial charge in [-0.25, -0.2) is 5.01 Å². The minimum atomic E-state index is -1.18. The largest absolute Gasteiger partial charge is 0.485 e. The van der Waals surface area contributed by atoms with Crippen molar-refractivity contribution in [3.63, 3.8) is 0 Å². The quantitative estimate of drug-likeness (QED) is 0.655. The van der Waals surface area contributed by atoms with Crippen LogP contribution < -0.4 is 10.2 Å². The molecule has 1 aliphatic heterocycles. The lowest BCUT2D eigenvalue weighted by molar-refractivity contribution is -0.156. The van der Waals surface area contributed by atoms with Crippen molar-refractivity contribution in [2.24, 2.45) is 0 Å². The maximum absolute atomic E-state index is 12.0. The van der Waals surface area contributed by atoms with E-state index in [1.165, 1.54) is 13.0 Å². The van der Waals surface area contributed by atoms with Crippen LogP contribution in [-0.4, -0.2) is 45.3 Å². The van der Waals surface area contributed by atoms with Gasteiger partial charge in [0.25, 0.3) is 5.91 Å². The summed E-state index contributed by atoms with van der Waals surface area (Å²) in [7, 11) is 0. The number of nitriles is 1. The van der Waals surface area contributed by atoms with E-state index in [0.717, 1.165) is 5.01 Å². The first-order valence-corrected chi connectivity index (χ1v) is 7.32. The third kappa shape index (κ3) is 3.18. The van der Waals surface area contributed by atoms with Crippen LogP contribution in [-0.2, 0) is 9.59 Å². The number of carbonyl (C=O) groups excluding carboxylic acids is 2. The van der Waals surface area contributed by atoms with Gasteiger partial charge in [0, 0.05) is 12.5 Å². The fourth-order valence-electron chi connectivity index (χ4n) is 2.63. The number of nitrogens with zero attached hydrogens (tertiary/aromatic N) is 2.